The van der Waals surface area contributed by atoms with Crippen LogP contribution in [0.5, 0.6) is 0 Å². The second kappa shape index (κ2) is 10.5. The molecule has 0 fully saturated rings. The molecule has 0 aromatic carbocycles. The normalized spacial score (nSPS) is 14.6. The number of ether oxygens (including phenoxy) is 2. The monoisotopic (exact) mass is 354 g/mol. The number of hydrogen-bond acceptors (Lipinski definition) is 5. The highest BCUT2D eigenvalue weighted by molar-refractivity contribution is 7.37. The van der Waals surface area contributed by atoms with Crippen LogP contribution in [0, 0.1) is 11.3 Å². The molecule has 0 radical (unpaired) electrons. The van der Waals surface area contributed by atoms with Gasteiger partial charge in [0.2, 0.25) is 6.79 Å². The Labute approximate surface area is 136 Å². The highest BCUT2D eigenvalue weighted by Crippen LogP contribution is 2.21. The molecule has 0 heterocycles. The summed E-state index contributed by atoms with van der Waals surface area (Å²) in [6.07, 6.45) is -1.37. The maximum Gasteiger partial charge on any atom is 0.505 e. The molecule has 0 saturated carbocycles. The molecule has 134 valence electrons. The van der Waals surface area contributed by atoms with E-state index in [0.717, 1.165) is 0 Å². The Balaban J connectivity index is 3.85. The smallest absolute Gasteiger partial charge is 0.427 e. The van der Waals surface area contributed by atoms with Gasteiger partial charge in [0, 0.05) is 0 Å². The van der Waals surface area contributed by atoms with Crippen LogP contribution in [0.1, 0.15) is 47.0 Å². The summed E-state index contributed by atoms with van der Waals surface area (Å²) in [5.41, 5.74) is -0.711. The number of alkyl carbamates (subject to hydrolysis) is 1. The third-order valence-corrected chi connectivity index (χ3v) is 3.63. The lowest BCUT2D eigenvalue weighted by molar-refractivity contribution is -0.161. The van der Waals surface area contributed by atoms with Gasteiger partial charge in [-0.2, -0.15) is 4.89 Å². The summed E-state index contributed by atoms with van der Waals surface area (Å²) in [6.45, 7) is 6.23. The topological polar surface area (TPSA) is 102 Å². The Hall–Kier alpha value is -1.27. The zero-order valence-corrected chi connectivity index (χ0v) is 14.9. The molecule has 0 saturated heterocycles. The van der Waals surface area contributed by atoms with E-state index in [1.165, 1.54) is 0 Å². The van der Waals surface area contributed by atoms with E-state index in [1.54, 1.807) is 20.8 Å². The van der Waals surface area contributed by atoms with Crippen LogP contribution in [0.4, 0.5) is 9.18 Å². The predicted molar refractivity (Wildman–Crippen MR) is 82.6 cm³/mol. The first kappa shape index (κ1) is 21.7. The maximum absolute atomic E-state index is 13.6. The predicted octanol–water partition coefficient (Wildman–Crippen LogP) is 3.10. The fraction of sp³-hybridized carbons (Fsp3) is 0.857. The molecule has 3 atom stereocenters. The molecule has 0 aromatic rings. The Kier molecular flexibility index (Phi) is 9.91. The van der Waals surface area contributed by atoms with Crippen LogP contribution in [0.25, 0.3) is 0 Å². The number of amides is 1. The van der Waals surface area contributed by atoms with E-state index in [-0.39, 0.29) is 18.5 Å². The molecule has 0 aromatic heterocycles. The number of rotatable bonds is 9. The first-order valence-corrected chi connectivity index (χ1v) is 8.80. The summed E-state index contributed by atoms with van der Waals surface area (Å²) in [5.74, 6) is -0.456. The van der Waals surface area contributed by atoms with Crippen LogP contribution in [0.3, 0.4) is 0 Å². The van der Waals surface area contributed by atoms with Gasteiger partial charge < -0.3 is 9.47 Å². The summed E-state index contributed by atoms with van der Waals surface area (Å²) in [6, 6.07) is 0. The Morgan fingerprint density at radius 1 is 1.22 bits per heavy atom. The lowest BCUT2D eigenvalue weighted by Gasteiger charge is -2.17. The van der Waals surface area contributed by atoms with Crippen molar-refractivity contribution in [2.75, 3.05) is 13.0 Å². The van der Waals surface area contributed by atoms with Gasteiger partial charge in [-0.3, -0.25) is 10.1 Å². The number of esters is 1. The van der Waals surface area contributed by atoms with Gasteiger partial charge in [0.05, 0.1) is 5.41 Å². The van der Waals surface area contributed by atoms with Crippen LogP contribution < -0.4 is 5.32 Å². The molecule has 0 aliphatic heterocycles. The fourth-order valence-corrected chi connectivity index (χ4v) is 2.16. The van der Waals surface area contributed by atoms with Crippen molar-refractivity contribution in [1.82, 2.24) is 5.32 Å². The first-order valence-electron chi connectivity index (χ1n) is 7.40. The zero-order valence-electron chi connectivity index (χ0n) is 14.0. The van der Waals surface area contributed by atoms with Gasteiger partial charge in [-0.05, 0) is 50.5 Å². The molecule has 9 heteroatoms. The largest absolute Gasteiger partial charge is 0.505 e. The summed E-state index contributed by atoms with van der Waals surface area (Å²) < 4.78 is 33.4. The second-order valence-electron chi connectivity index (χ2n) is 6.39. The zero-order chi connectivity index (χ0) is 18.0. The number of nitrogens with one attached hydrogen (secondary N) is 1. The molecule has 2 N–H and O–H groups in total. The van der Waals surface area contributed by atoms with Crippen molar-refractivity contribution < 1.29 is 32.9 Å². The quantitative estimate of drug-likeness (QED) is 0.285. The molecule has 0 aliphatic carbocycles. The second-order valence-corrected chi connectivity index (χ2v) is 7.54. The van der Waals surface area contributed by atoms with Crippen molar-refractivity contribution >= 4 is 20.1 Å². The highest BCUT2D eigenvalue weighted by atomic mass is 31.1. The SMILES string of the molecule is CC(CCC(F)NC(=O)OCOC(=O)C(C)(C)C)CC[P+](=O)O. The molecule has 0 bridgehead atoms. The Morgan fingerprint density at radius 3 is 2.35 bits per heavy atom. The lowest BCUT2D eigenvalue weighted by Crippen LogP contribution is -2.33. The number of hydrogen-bond donors (Lipinski definition) is 2. The van der Waals surface area contributed by atoms with Crippen molar-refractivity contribution in [1.29, 1.82) is 0 Å². The minimum absolute atomic E-state index is 0.0697. The van der Waals surface area contributed by atoms with Gasteiger partial charge in [0.15, 0.2) is 12.5 Å². The average Bonchev–Trinajstić information content (AvgIpc) is 2.41. The number of halogens is 1. The van der Waals surface area contributed by atoms with Crippen LogP contribution in [0.15, 0.2) is 0 Å². The Morgan fingerprint density at radius 2 is 1.83 bits per heavy atom. The average molecular weight is 354 g/mol. The molecule has 7 nitrogen and oxygen atoms in total. The van der Waals surface area contributed by atoms with E-state index < -0.39 is 38.6 Å². The molecular weight excluding hydrogens is 328 g/mol. The van der Waals surface area contributed by atoms with Crippen LogP contribution >= 0.6 is 8.03 Å². The van der Waals surface area contributed by atoms with E-state index >= 15 is 0 Å². The van der Waals surface area contributed by atoms with Crippen molar-refractivity contribution in [3.63, 3.8) is 0 Å². The minimum Gasteiger partial charge on any atom is -0.427 e. The lowest BCUT2D eigenvalue weighted by atomic mass is 9.98. The van der Waals surface area contributed by atoms with Crippen molar-refractivity contribution in [2.45, 2.75) is 53.3 Å². The summed E-state index contributed by atoms with van der Waals surface area (Å²) in [4.78, 5) is 31.4. The number of carbonyl (C=O) groups is 2. The minimum atomic E-state index is -2.17. The summed E-state index contributed by atoms with van der Waals surface area (Å²) in [5, 5.41) is 1.99. The van der Waals surface area contributed by atoms with Crippen LogP contribution in [-0.2, 0) is 18.8 Å². The Bertz CT molecular complexity index is 413. The molecule has 23 heavy (non-hydrogen) atoms. The van der Waals surface area contributed by atoms with Gasteiger partial charge in [0.25, 0.3) is 0 Å². The fourth-order valence-electron chi connectivity index (χ4n) is 1.50. The number of alkyl halides is 1. The van der Waals surface area contributed by atoms with Gasteiger partial charge >= 0.3 is 20.1 Å². The molecule has 0 spiro atoms. The van der Waals surface area contributed by atoms with Gasteiger partial charge in [-0.1, -0.05) is 6.92 Å². The van der Waals surface area contributed by atoms with E-state index in [1.807, 2.05) is 12.2 Å². The van der Waals surface area contributed by atoms with E-state index in [0.29, 0.717) is 12.8 Å². The molecule has 1 amide bonds. The van der Waals surface area contributed by atoms with E-state index in [9.17, 15) is 18.5 Å². The van der Waals surface area contributed by atoms with Gasteiger partial charge in [-0.25, -0.2) is 9.18 Å². The number of carbonyl (C=O) groups excluding carboxylic acids is 2. The standard InChI is InChI=1S/C14H25FNO6P/c1-10(7-8-23(19)20)5-6-11(15)16-13(18)22-9-21-12(17)14(2,3)4/h10-11H,5-9H2,1-4H3,(H-,16,18,19,20)/p+1. The van der Waals surface area contributed by atoms with E-state index in [4.69, 9.17) is 9.63 Å². The van der Waals surface area contributed by atoms with Gasteiger partial charge in [0.1, 0.15) is 0 Å². The maximum atomic E-state index is 13.6. The van der Waals surface area contributed by atoms with Crippen LogP contribution in [-0.4, -0.2) is 36.2 Å². The third-order valence-electron chi connectivity index (χ3n) is 2.99. The molecule has 0 aliphatic rings. The van der Waals surface area contributed by atoms with E-state index in [2.05, 4.69) is 4.74 Å². The summed E-state index contributed by atoms with van der Waals surface area (Å²) in [7, 11) is -2.17. The molecule has 3 unspecified atom stereocenters. The highest BCUT2D eigenvalue weighted by Gasteiger charge is 2.23. The van der Waals surface area contributed by atoms with Crippen LogP contribution in [0.2, 0.25) is 0 Å². The first-order chi connectivity index (χ1) is 10.5. The third kappa shape index (κ3) is 11.9. The molecular formula is C14H26FNO6P+. The molecule has 0 rings (SSSR count). The summed E-state index contributed by atoms with van der Waals surface area (Å²) >= 11 is 0. The van der Waals surface area contributed by atoms with Crippen molar-refractivity contribution in [3.05, 3.63) is 0 Å². The van der Waals surface area contributed by atoms with Gasteiger partial charge in [-0.15, -0.1) is 0 Å². The van der Waals surface area contributed by atoms with Crippen molar-refractivity contribution in [3.8, 4) is 0 Å². The van der Waals surface area contributed by atoms with Crippen molar-refractivity contribution in [2.24, 2.45) is 11.3 Å².